The van der Waals surface area contributed by atoms with Crippen LogP contribution in [0, 0.1) is 6.92 Å². The maximum absolute atomic E-state index is 5.46. The molecule has 0 saturated carbocycles. The third-order valence-electron chi connectivity index (χ3n) is 1.87. The van der Waals surface area contributed by atoms with E-state index >= 15 is 0 Å². The van der Waals surface area contributed by atoms with E-state index in [1.807, 2.05) is 6.92 Å². The van der Waals surface area contributed by atoms with Crippen molar-refractivity contribution in [1.29, 1.82) is 0 Å². The van der Waals surface area contributed by atoms with Crippen LogP contribution in [0.15, 0.2) is 23.2 Å². The molecule has 5 nitrogen and oxygen atoms in total. The summed E-state index contributed by atoms with van der Waals surface area (Å²) in [7, 11) is 0. The lowest BCUT2D eigenvalue weighted by Gasteiger charge is -1.98. The second-order valence-electron chi connectivity index (χ2n) is 2.87. The Labute approximate surface area is 81.0 Å². The van der Waals surface area contributed by atoms with Gasteiger partial charge < -0.3 is 10.2 Å². The fourth-order valence-corrected chi connectivity index (χ4v) is 1.16. The third kappa shape index (κ3) is 1.49. The molecule has 0 aliphatic heterocycles. The molecule has 0 atom stereocenters. The summed E-state index contributed by atoms with van der Waals surface area (Å²) in [5.41, 5.74) is 7.66. The molecule has 0 bridgehead atoms. The summed E-state index contributed by atoms with van der Waals surface area (Å²) in [5.74, 6) is 0.646. The van der Waals surface area contributed by atoms with Gasteiger partial charge in [-0.25, -0.2) is 9.97 Å². The Morgan fingerprint density at radius 1 is 1.43 bits per heavy atom. The van der Waals surface area contributed by atoms with Gasteiger partial charge in [-0.05, 0) is 6.92 Å². The van der Waals surface area contributed by atoms with Crippen LogP contribution in [-0.2, 0) is 6.54 Å². The van der Waals surface area contributed by atoms with Gasteiger partial charge in [0.25, 0.3) is 0 Å². The largest absolute Gasteiger partial charge is 0.442 e. The van der Waals surface area contributed by atoms with E-state index in [-0.39, 0.29) is 0 Å². The highest BCUT2D eigenvalue weighted by molar-refractivity contribution is 5.52. The van der Waals surface area contributed by atoms with Gasteiger partial charge in [-0.15, -0.1) is 0 Å². The fourth-order valence-electron chi connectivity index (χ4n) is 1.16. The maximum atomic E-state index is 5.46. The SMILES string of the molecule is Cc1ncoc1-c1cncc(CN)n1. The van der Waals surface area contributed by atoms with E-state index in [9.17, 15) is 0 Å². The minimum Gasteiger partial charge on any atom is -0.442 e. The zero-order valence-corrected chi connectivity index (χ0v) is 7.77. The average molecular weight is 190 g/mol. The highest BCUT2D eigenvalue weighted by atomic mass is 16.3. The van der Waals surface area contributed by atoms with Gasteiger partial charge in [0.05, 0.1) is 17.6 Å². The van der Waals surface area contributed by atoms with Gasteiger partial charge in [0, 0.05) is 12.7 Å². The number of nitrogens with zero attached hydrogens (tertiary/aromatic N) is 3. The highest BCUT2D eigenvalue weighted by Crippen LogP contribution is 2.19. The number of aromatic nitrogens is 3. The molecular weight excluding hydrogens is 180 g/mol. The average Bonchev–Trinajstić information content (AvgIpc) is 2.65. The van der Waals surface area contributed by atoms with Crippen molar-refractivity contribution >= 4 is 0 Å². The molecule has 2 heterocycles. The van der Waals surface area contributed by atoms with E-state index in [0.29, 0.717) is 18.0 Å². The van der Waals surface area contributed by atoms with Crippen LogP contribution in [0.3, 0.4) is 0 Å². The van der Waals surface area contributed by atoms with Crippen molar-refractivity contribution in [3.8, 4) is 11.5 Å². The van der Waals surface area contributed by atoms with Crippen LogP contribution in [0.25, 0.3) is 11.5 Å². The molecular formula is C9H10N4O. The van der Waals surface area contributed by atoms with Crippen molar-refractivity contribution in [3.05, 3.63) is 30.2 Å². The van der Waals surface area contributed by atoms with Crippen LogP contribution in [0.4, 0.5) is 0 Å². The molecule has 14 heavy (non-hydrogen) atoms. The Balaban J connectivity index is 2.47. The molecule has 5 heteroatoms. The van der Waals surface area contributed by atoms with Gasteiger partial charge in [-0.1, -0.05) is 0 Å². The molecule has 0 fully saturated rings. The van der Waals surface area contributed by atoms with Crippen LogP contribution >= 0.6 is 0 Å². The molecule has 0 aromatic carbocycles. The summed E-state index contributed by atoms with van der Waals surface area (Å²) in [6.07, 6.45) is 4.66. The standard InChI is InChI=1S/C9H10N4O/c1-6-9(14-5-12-6)8-4-11-3-7(2-10)13-8/h3-5H,2,10H2,1H3. The molecule has 2 N–H and O–H groups in total. The Kier molecular flexibility index (Phi) is 2.24. The number of oxazole rings is 1. The maximum Gasteiger partial charge on any atom is 0.181 e. The predicted molar refractivity (Wildman–Crippen MR) is 50.2 cm³/mol. The molecule has 72 valence electrons. The van der Waals surface area contributed by atoms with Gasteiger partial charge in [0.2, 0.25) is 0 Å². The minimum atomic E-state index is 0.369. The van der Waals surface area contributed by atoms with Crippen molar-refractivity contribution in [1.82, 2.24) is 15.0 Å². The van der Waals surface area contributed by atoms with Crippen LogP contribution in [0.2, 0.25) is 0 Å². The van der Waals surface area contributed by atoms with E-state index in [2.05, 4.69) is 15.0 Å². The summed E-state index contributed by atoms with van der Waals surface area (Å²) >= 11 is 0. The van der Waals surface area contributed by atoms with Crippen molar-refractivity contribution < 1.29 is 4.42 Å². The number of nitrogens with two attached hydrogens (primary N) is 1. The molecule has 0 radical (unpaired) electrons. The second kappa shape index (κ2) is 3.55. The predicted octanol–water partition coefficient (Wildman–Crippen LogP) is 0.899. The Hall–Kier alpha value is -1.75. The van der Waals surface area contributed by atoms with Crippen molar-refractivity contribution in [3.63, 3.8) is 0 Å². The number of hydrogen-bond acceptors (Lipinski definition) is 5. The minimum absolute atomic E-state index is 0.369. The van der Waals surface area contributed by atoms with E-state index in [1.165, 1.54) is 6.39 Å². The zero-order chi connectivity index (χ0) is 9.97. The third-order valence-corrected chi connectivity index (χ3v) is 1.87. The molecule has 0 aliphatic rings. The molecule has 0 saturated heterocycles. The second-order valence-corrected chi connectivity index (χ2v) is 2.87. The summed E-state index contributed by atoms with van der Waals surface area (Å²) in [6, 6.07) is 0. The highest BCUT2D eigenvalue weighted by Gasteiger charge is 2.08. The first-order valence-corrected chi connectivity index (χ1v) is 4.22. The number of hydrogen-bond donors (Lipinski definition) is 1. The summed E-state index contributed by atoms with van der Waals surface area (Å²) in [6.45, 7) is 2.23. The van der Waals surface area contributed by atoms with Crippen molar-refractivity contribution in [2.45, 2.75) is 13.5 Å². The molecule has 2 aromatic heterocycles. The van der Waals surface area contributed by atoms with Crippen LogP contribution in [0.1, 0.15) is 11.4 Å². The topological polar surface area (TPSA) is 77.8 Å². The molecule has 0 spiro atoms. The fraction of sp³-hybridized carbons (Fsp3) is 0.222. The van der Waals surface area contributed by atoms with Crippen LogP contribution in [-0.4, -0.2) is 15.0 Å². The van der Waals surface area contributed by atoms with Gasteiger partial charge >= 0.3 is 0 Å². The van der Waals surface area contributed by atoms with Crippen LogP contribution < -0.4 is 5.73 Å². The molecule has 2 rings (SSSR count). The van der Waals surface area contributed by atoms with Gasteiger partial charge in [0.15, 0.2) is 12.2 Å². The number of rotatable bonds is 2. The first-order valence-electron chi connectivity index (χ1n) is 4.22. The molecule has 0 amide bonds. The van der Waals surface area contributed by atoms with Crippen LogP contribution in [0.5, 0.6) is 0 Å². The van der Waals surface area contributed by atoms with Gasteiger partial charge in [-0.3, -0.25) is 4.98 Å². The quantitative estimate of drug-likeness (QED) is 0.761. The van der Waals surface area contributed by atoms with E-state index in [0.717, 1.165) is 11.4 Å². The van der Waals surface area contributed by atoms with E-state index in [4.69, 9.17) is 10.2 Å². The Morgan fingerprint density at radius 2 is 2.29 bits per heavy atom. The summed E-state index contributed by atoms with van der Waals surface area (Å²) in [5, 5.41) is 0. The zero-order valence-electron chi connectivity index (χ0n) is 7.77. The van der Waals surface area contributed by atoms with Crippen molar-refractivity contribution in [2.75, 3.05) is 0 Å². The van der Waals surface area contributed by atoms with Gasteiger partial charge in [0.1, 0.15) is 5.69 Å². The lowest BCUT2D eigenvalue weighted by molar-refractivity contribution is 0.568. The summed E-state index contributed by atoms with van der Waals surface area (Å²) in [4.78, 5) is 12.3. The van der Waals surface area contributed by atoms with Gasteiger partial charge in [-0.2, -0.15) is 0 Å². The summed E-state index contributed by atoms with van der Waals surface area (Å²) < 4.78 is 5.20. The van der Waals surface area contributed by atoms with E-state index < -0.39 is 0 Å². The molecule has 2 aromatic rings. The van der Waals surface area contributed by atoms with Crippen molar-refractivity contribution in [2.24, 2.45) is 5.73 Å². The smallest absolute Gasteiger partial charge is 0.181 e. The molecule has 0 unspecified atom stereocenters. The van der Waals surface area contributed by atoms with E-state index in [1.54, 1.807) is 12.4 Å². The monoisotopic (exact) mass is 190 g/mol. The first kappa shape index (κ1) is 8.83. The Morgan fingerprint density at radius 3 is 2.93 bits per heavy atom. The molecule has 0 aliphatic carbocycles. The lowest BCUT2D eigenvalue weighted by Crippen LogP contribution is -2.01. The number of aryl methyl sites for hydroxylation is 1. The normalized spacial score (nSPS) is 10.4. The lowest BCUT2D eigenvalue weighted by atomic mass is 10.3. The first-order chi connectivity index (χ1) is 6.81. The Bertz CT molecular complexity index is 438.